The predicted molar refractivity (Wildman–Crippen MR) is 127 cm³/mol. The molecule has 0 heterocycles. The van der Waals surface area contributed by atoms with Gasteiger partial charge in [0, 0.05) is 0 Å². The summed E-state index contributed by atoms with van der Waals surface area (Å²) in [5.41, 5.74) is 11.1. The molecule has 5 rings (SSSR count). The first-order valence-electron chi connectivity index (χ1n) is 10.1. The van der Waals surface area contributed by atoms with Crippen LogP contribution in [0.5, 0.6) is 0 Å². The molecule has 0 amide bonds. The van der Waals surface area contributed by atoms with Crippen LogP contribution in [0.2, 0.25) is 0 Å². The number of hydrogen-bond donors (Lipinski definition) is 0. The summed E-state index contributed by atoms with van der Waals surface area (Å²) in [6.07, 6.45) is 3.95. The van der Waals surface area contributed by atoms with Gasteiger partial charge in [0.1, 0.15) is 0 Å². The Morgan fingerprint density at radius 2 is 0.483 bits per heavy atom. The van der Waals surface area contributed by atoms with E-state index >= 15 is 0 Å². The second kappa shape index (κ2) is 8.71. The molecule has 0 nitrogen and oxygen atoms in total. The molecule has 0 fully saturated rings. The quantitative estimate of drug-likeness (QED) is 0.282. The third-order valence-corrected chi connectivity index (χ3v) is 5.60. The Morgan fingerprint density at radius 1 is 0.310 bits per heavy atom. The summed E-state index contributed by atoms with van der Waals surface area (Å²) in [5, 5.41) is 0. The van der Waals surface area contributed by atoms with Crippen LogP contribution in [0.25, 0.3) is 0 Å². The summed E-state index contributed by atoms with van der Waals surface area (Å²) in [6.45, 7) is 0. The lowest BCUT2D eigenvalue weighted by Crippen LogP contribution is -1.97. The second-order valence-corrected chi connectivity index (χ2v) is 7.99. The van der Waals surface area contributed by atoms with Crippen LogP contribution in [-0.2, 0) is 25.7 Å². The van der Waals surface area contributed by atoms with Crippen LogP contribution in [-0.4, -0.2) is 0 Å². The molecule has 0 aliphatic heterocycles. The maximum Gasteiger partial charge on any atom is -0.00256 e. The fraction of sp³-hybridized carbons (Fsp3) is 0.143. The number of benzene rings is 4. The van der Waals surface area contributed by atoms with Crippen LogP contribution in [0.15, 0.2) is 97.1 Å². The zero-order chi connectivity index (χ0) is 18.8. The molecule has 1 heteroatoms. The van der Waals surface area contributed by atoms with Crippen molar-refractivity contribution in [2.75, 3.05) is 0 Å². The van der Waals surface area contributed by atoms with Crippen molar-refractivity contribution in [3.05, 3.63) is 142 Å². The van der Waals surface area contributed by atoms with Crippen molar-refractivity contribution in [1.82, 2.24) is 0 Å². The summed E-state index contributed by atoms with van der Waals surface area (Å²) in [5.74, 6) is 0. The summed E-state index contributed by atoms with van der Waals surface area (Å²) in [7, 11) is 0. The Morgan fingerprint density at radius 3 is 0.655 bits per heavy atom. The van der Waals surface area contributed by atoms with E-state index in [-0.39, 0.29) is 13.5 Å². The molecular formula is C28H26S. The predicted octanol–water partition coefficient (Wildman–Crippen LogP) is 6.48. The molecule has 0 unspecified atom stereocenters. The van der Waals surface area contributed by atoms with Crippen LogP contribution in [0.4, 0.5) is 0 Å². The summed E-state index contributed by atoms with van der Waals surface area (Å²) >= 11 is 0. The minimum atomic E-state index is 0. The molecule has 1 aliphatic rings. The first-order valence-corrected chi connectivity index (χ1v) is 10.1. The highest BCUT2D eigenvalue weighted by molar-refractivity contribution is 7.59. The van der Waals surface area contributed by atoms with Crippen molar-refractivity contribution in [2.24, 2.45) is 0 Å². The molecule has 29 heavy (non-hydrogen) atoms. The smallest absolute Gasteiger partial charge is 0.00256 e. The number of rotatable bonds is 0. The van der Waals surface area contributed by atoms with Gasteiger partial charge in [-0.1, -0.05) is 97.1 Å². The maximum atomic E-state index is 2.37. The van der Waals surface area contributed by atoms with Crippen molar-refractivity contribution >= 4 is 13.5 Å². The van der Waals surface area contributed by atoms with E-state index in [4.69, 9.17) is 0 Å². The molecule has 0 radical (unpaired) electrons. The SMILES string of the molecule is S.c1cc2cc(c1)Cc1cccc(c1)Cc1cccc(c1)Cc1cccc(c1)C2. The molecule has 0 aromatic heterocycles. The zero-order valence-electron chi connectivity index (χ0n) is 16.6. The van der Waals surface area contributed by atoms with E-state index in [0.717, 1.165) is 25.7 Å². The fourth-order valence-corrected chi connectivity index (χ4v) is 4.34. The Bertz CT molecular complexity index is 875. The highest BCUT2D eigenvalue weighted by Crippen LogP contribution is 2.20. The van der Waals surface area contributed by atoms with Gasteiger partial charge >= 0.3 is 0 Å². The Kier molecular flexibility index (Phi) is 5.87. The molecular weight excluding hydrogens is 368 g/mol. The number of hydrogen-bond acceptors (Lipinski definition) is 0. The van der Waals surface area contributed by atoms with Gasteiger partial charge in [-0.3, -0.25) is 0 Å². The van der Waals surface area contributed by atoms with Crippen LogP contribution in [0.1, 0.15) is 44.5 Å². The molecule has 8 bridgehead atoms. The highest BCUT2D eigenvalue weighted by Gasteiger charge is 2.06. The van der Waals surface area contributed by atoms with Gasteiger partial charge in [-0.15, -0.1) is 0 Å². The monoisotopic (exact) mass is 394 g/mol. The lowest BCUT2D eigenvalue weighted by atomic mass is 9.94. The van der Waals surface area contributed by atoms with E-state index in [2.05, 4.69) is 97.1 Å². The van der Waals surface area contributed by atoms with Crippen molar-refractivity contribution in [2.45, 2.75) is 25.7 Å². The normalized spacial score (nSPS) is 12.7. The topological polar surface area (TPSA) is 0 Å². The number of fused-ring (bicyclic) bond motifs is 8. The molecule has 0 atom stereocenters. The molecule has 4 aromatic carbocycles. The van der Waals surface area contributed by atoms with Crippen LogP contribution in [0.3, 0.4) is 0 Å². The standard InChI is InChI=1S/C28H24.H2S/c1-5-21-13-22(6-1)18-24-8-3-10-26(15-24)20-28-12-4-11-27(16-28)19-25-9-2-7-23(14-25)17-21;/h1-16H,17-20H2;1H2. The van der Waals surface area contributed by atoms with Gasteiger partial charge in [0.25, 0.3) is 0 Å². The van der Waals surface area contributed by atoms with Crippen molar-refractivity contribution in [3.8, 4) is 0 Å². The van der Waals surface area contributed by atoms with E-state index < -0.39 is 0 Å². The lowest BCUT2D eigenvalue weighted by Gasteiger charge is -2.11. The van der Waals surface area contributed by atoms with Crippen LogP contribution < -0.4 is 0 Å². The van der Waals surface area contributed by atoms with Gasteiger partial charge in [-0.2, -0.15) is 13.5 Å². The third kappa shape index (κ3) is 4.81. The molecule has 0 saturated heterocycles. The van der Waals surface area contributed by atoms with Gasteiger partial charge < -0.3 is 0 Å². The molecule has 0 N–H and O–H groups in total. The molecule has 0 saturated carbocycles. The average molecular weight is 395 g/mol. The zero-order valence-corrected chi connectivity index (χ0v) is 17.6. The lowest BCUT2D eigenvalue weighted by molar-refractivity contribution is 1.09. The van der Waals surface area contributed by atoms with E-state index in [9.17, 15) is 0 Å². The van der Waals surface area contributed by atoms with Crippen LogP contribution in [0, 0.1) is 0 Å². The molecule has 1 aliphatic carbocycles. The van der Waals surface area contributed by atoms with Crippen molar-refractivity contribution in [3.63, 3.8) is 0 Å². The summed E-state index contributed by atoms with van der Waals surface area (Å²) in [6, 6.07) is 36.3. The first-order chi connectivity index (χ1) is 13.8. The Balaban J connectivity index is 0.00000205. The Hall–Kier alpha value is -2.77. The van der Waals surface area contributed by atoms with Crippen molar-refractivity contribution < 1.29 is 0 Å². The minimum absolute atomic E-state index is 0. The van der Waals surface area contributed by atoms with Gasteiger partial charge in [-0.05, 0) is 70.2 Å². The van der Waals surface area contributed by atoms with Gasteiger partial charge in [0.15, 0.2) is 0 Å². The van der Waals surface area contributed by atoms with Gasteiger partial charge in [0.05, 0.1) is 0 Å². The van der Waals surface area contributed by atoms with E-state index in [1.807, 2.05) is 0 Å². The highest BCUT2D eigenvalue weighted by atomic mass is 32.1. The average Bonchev–Trinajstić information content (AvgIpc) is 2.69. The van der Waals surface area contributed by atoms with E-state index in [1.165, 1.54) is 44.5 Å². The Labute approximate surface area is 180 Å². The summed E-state index contributed by atoms with van der Waals surface area (Å²) < 4.78 is 0. The largest absolute Gasteiger partial charge is 0.197 e. The van der Waals surface area contributed by atoms with Crippen molar-refractivity contribution in [1.29, 1.82) is 0 Å². The molecule has 144 valence electrons. The van der Waals surface area contributed by atoms with E-state index in [1.54, 1.807) is 0 Å². The van der Waals surface area contributed by atoms with Crippen LogP contribution >= 0.6 is 13.5 Å². The minimum Gasteiger partial charge on any atom is -0.197 e. The van der Waals surface area contributed by atoms with E-state index in [0.29, 0.717) is 0 Å². The third-order valence-electron chi connectivity index (χ3n) is 5.60. The van der Waals surface area contributed by atoms with Gasteiger partial charge in [-0.25, -0.2) is 0 Å². The molecule has 0 spiro atoms. The molecule has 4 aromatic rings. The fourth-order valence-electron chi connectivity index (χ4n) is 4.34. The second-order valence-electron chi connectivity index (χ2n) is 7.99. The maximum absolute atomic E-state index is 2.37. The van der Waals surface area contributed by atoms with Gasteiger partial charge in [0.2, 0.25) is 0 Å². The first kappa shape index (κ1) is 19.5. The summed E-state index contributed by atoms with van der Waals surface area (Å²) in [4.78, 5) is 0.